The first kappa shape index (κ1) is 16.4. The number of benzene rings is 1. The highest BCUT2D eigenvalue weighted by molar-refractivity contribution is 9.10. The molecule has 0 saturated carbocycles. The Morgan fingerprint density at radius 1 is 1.43 bits per heavy atom. The van der Waals surface area contributed by atoms with Gasteiger partial charge < -0.3 is 10.2 Å². The summed E-state index contributed by atoms with van der Waals surface area (Å²) in [6, 6.07) is 5.32. The van der Waals surface area contributed by atoms with Gasteiger partial charge in [-0.3, -0.25) is 15.0 Å². The van der Waals surface area contributed by atoms with Crippen molar-refractivity contribution < 1.29 is 4.92 Å². The minimum atomic E-state index is -0.353. The third-order valence-corrected chi connectivity index (χ3v) is 4.34. The first-order chi connectivity index (χ1) is 10.1. The maximum Gasteiger partial charge on any atom is 0.283 e. The summed E-state index contributed by atoms with van der Waals surface area (Å²) in [4.78, 5) is 15.2. The van der Waals surface area contributed by atoms with Crippen molar-refractivity contribution in [2.45, 2.75) is 6.54 Å². The fraction of sp³-hybridized carbons (Fsp3) is 0.571. The molecule has 0 amide bonds. The molecule has 0 aromatic heterocycles. The molecule has 1 fully saturated rings. The van der Waals surface area contributed by atoms with Crippen LogP contribution in [0.25, 0.3) is 0 Å². The molecule has 1 aliphatic heterocycles. The Balaban J connectivity index is 1.85. The fourth-order valence-electron chi connectivity index (χ4n) is 2.43. The number of hydrogen-bond donors (Lipinski definition) is 1. The minimum absolute atomic E-state index is 0.128. The third kappa shape index (κ3) is 5.03. The van der Waals surface area contributed by atoms with Crippen molar-refractivity contribution in [3.63, 3.8) is 0 Å². The fourth-order valence-corrected chi connectivity index (χ4v) is 2.83. The van der Waals surface area contributed by atoms with Gasteiger partial charge in [-0.05, 0) is 34.6 Å². The predicted octanol–water partition coefficient (Wildman–Crippen LogP) is 1.69. The van der Waals surface area contributed by atoms with Crippen LogP contribution in [0.5, 0.6) is 0 Å². The summed E-state index contributed by atoms with van der Waals surface area (Å²) in [5.74, 6) is 0. The highest BCUT2D eigenvalue weighted by atomic mass is 79.9. The number of rotatable bonds is 6. The topological polar surface area (TPSA) is 61.6 Å². The number of likely N-dealkylation sites (N-methyl/N-ethyl adjacent to an activating group) is 1. The number of nitro groups is 1. The van der Waals surface area contributed by atoms with Gasteiger partial charge in [0.05, 0.1) is 9.40 Å². The summed E-state index contributed by atoms with van der Waals surface area (Å²) >= 11 is 3.21. The second kappa shape index (κ2) is 7.84. The molecule has 1 aromatic carbocycles. The van der Waals surface area contributed by atoms with Gasteiger partial charge in [-0.1, -0.05) is 6.07 Å². The molecule has 0 unspecified atom stereocenters. The van der Waals surface area contributed by atoms with Crippen molar-refractivity contribution in [3.8, 4) is 0 Å². The normalized spacial score (nSPS) is 16.3. The van der Waals surface area contributed by atoms with Crippen LogP contribution in [-0.2, 0) is 6.54 Å². The number of nitro benzene ring substituents is 1. The lowest BCUT2D eigenvalue weighted by Gasteiger charge is -2.29. The van der Waals surface area contributed by atoms with Crippen LogP contribution in [-0.4, -0.2) is 61.0 Å². The Bertz CT molecular complexity index is 492. The second-order valence-electron chi connectivity index (χ2n) is 5.37. The molecule has 0 radical (unpaired) electrons. The van der Waals surface area contributed by atoms with E-state index in [2.05, 4.69) is 38.1 Å². The van der Waals surface area contributed by atoms with Gasteiger partial charge in [-0.2, -0.15) is 0 Å². The lowest BCUT2D eigenvalue weighted by atomic mass is 10.2. The minimum Gasteiger partial charge on any atom is -0.314 e. The largest absolute Gasteiger partial charge is 0.314 e. The van der Waals surface area contributed by atoms with Crippen molar-refractivity contribution in [3.05, 3.63) is 38.3 Å². The Morgan fingerprint density at radius 2 is 2.14 bits per heavy atom. The van der Waals surface area contributed by atoms with Crippen molar-refractivity contribution >= 4 is 21.6 Å². The summed E-state index contributed by atoms with van der Waals surface area (Å²) in [6.07, 6.45) is 0. The van der Waals surface area contributed by atoms with E-state index in [9.17, 15) is 10.1 Å². The zero-order valence-corrected chi connectivity index (χ0v) is 13.8. The van der Waals surface area contributed by atoms with E-state index in [-0.39, 0.29) is 10.6 Å². The predicted molar refractivity (Wildman–Crippen MR) is 86.4 cm³/mol. The number of piperazine rings is 1. The van der Waals surface area contributed by atoms with E-state index in [1.165, 1.54) is 0 Å². The molecule has 1 aliphatic rings. The Labute approximate surface area is 133 Å². The van der Waals surface area contributed by atoms with Gasteiger partial charge in [0.15, 0.2) is 0 Å². The molecule has 6 nitrogen and oxygen atoms in total. The van der Waals surface area contributed by atoms with Gasteiger partial charge in [-0.25, -0.2) is 0 Å². The molecule has 1 heterocycles. The van der Waals surface area contributed by atoms with Crippen molar-refractivity contribution in [1.29, 1.82) is 0 Å². The van der Waals surface area contributed by atoms with Gasteiger partial charge in [0.25, 0.3) is 5.69 Å². The standard InChI is InChI=1S/C14H21BrN4O2/c1-17(8-9-18-6-4-16-5-7-18)11-12-2-3-13(15)14(10-12)19(20)21/h2-3,10,16H,4-9,11H2,1H3. The van der Waals surface area contributed by atoms with Crippen LogP contribution in [0.4, 0.5) is 5.69 Å². The summed E-state index contributed by atoms with van der Waals surface area (Å²) in [6.45, 7) is 7.03. The smallest absolute Gasteiger partial charge is 0.283 e. The highest BCUT2D eigenvalue weighted by Crippen LogP contribution is 2.25. The van der Waals surface area contributed by atoms with E-state index in [1.54, 1.807) is 12.1 Å². The molecule has 2 rings (SSSR count). The Hall–Kier alpha value is -1.02. The second-order valence-corrected chi connectivity index (χ2v) is 6.23. The molecular weight excluding hydrogens is 336 g/mol. The summed E-state index contributed by atoms with van der Waals surface area (Å²) < 4.78 is 0.528. The number of nitrogens with zero attached hydrogens (tertiary/aromatic N) is 3. The van der Waals surface area contributed by atoms with Crippen LogP contribution in [0.15, 0.2) is 22.7 Å². The van der Waals surface area contributed by atoms with Crippen LogP contribution < -0.4 is 5.32 Å². The molecule has 7 heteroatoms. The Kier molecular flexibility index (Phi) is 6.10. The maximum atomic E-state index is 10.9. The number of nitrogens with one attached hydrogen (secondary N) is 1. The van der Waals surface area contributed by atoms with Gasteiger partial charge >= 0.3 is 0 Å². The summed E-state index contributed by atoms with van der Waals surface area (Å²) in [5.41, 5.74) is 1.09. The lowest BCUT2D eigenvalue weighted by molar-refractivity contribution is -0.385. The van der Waals surface area contributed by atoms with Crippen molar-refractivity contribution in [2.24, 2.45) is 0 Å². The van der Waals surface area contributed by atoms with Crippen LogP contribution >= 0.6 is 15.9 Å². The van der Waals surface area contributed by atoms with E-state index in [0.717, 1.165) is 51.4 Å². The van der Waals surface area contributed by atoms with E-state index in [1.807, 2.05) is 6.07 Å². The molecule has 21 heavy (non-hydrogen) atoms. The molecule has 116 valence electrons. The molecular formula is C14H21BrN4O2. The van der Waals surface area contributed by atoms with Crippen molar-refractivity contribution in [2.75, 3.05) is 46.3 Å². The number of halogens is 1. The zero-order valence-electron chi connectivity index (χ0n) is 12.2. The first-order valence-corrected chi connectivity index (χ1v) is 7.90. The van der Waals surface area contributed by atoms with Gasteiger partial charge in [0, 0.05) is 51.9 Å². The van der Waals surface area contributed by atoms with E-state index >= 15 is 0 Å². The molecule has 0 spiro atoms. The third-order valence-electron chi connectivity index (χ3n) is 3.67. The van der Waals surface area contributed by atoms with Crippen LogP contribution in [0.3, 0.4) is 0 Å². The van der Waals surface area contributed by atoms with E-state index < -0.39 is 0 Å². The first-order valence-electron chi connectivity index (χ1n) is 7.10. The molecule has 0 aliphatic carbocycles. The van der Waals surface area contributed by atoms with Gasteiger partial charge in [0.2, 0.25) is 0 Å². The van der Waals surface area contributed by atoms with Crippen LogP contribution in [0.1, 0.15) is 5.56 Å². The average Bonchev–Trinajstić information content (AvgIpc) is 2.48. The van der Waals surface area contributed by atoms with Gasteiger partial charge in [0.1, 0.15) is 0 Å². The molecule has 1 N–H and O–H groups in total. The van der Waals surface area contributed by atoms with Gasteiger partial charge in [-0.15, -0.1) is 0 Å². The van der Waals surface area contributed by atoms with E-state index in [0.29, 0.717) is 4.47 Å². The highest BCUT2D eigenvalue weighted by Gasteiger charge is 2.14. The van der Waals surface area contributed by atoms with E-state index in [4.69, 9.17) is 0 Å². The van der Waals surface area contributed by atoms with Crippen molar-refractivity contribution in [1.82, 2.24) is 15.1 Å². The maximum absolute atomic E-state index is 10.9. The summed E-state index contributed by atoms with van der Waals surface area (Å²) in [7, 11) is 2.05. The molecule has 0 bridgehead atoms. The Morgan fingerprint density at radius 3 is 2.81 bits per heavy atom. The molecule has 0 atom stereocenters. The molecule has 1 saturated heterocycles. The number of hydrogen-bond acceptors (Lipinski definition) is 5. The lowest BCUT2D eigenvalue weighted by Crippen LogP contribution is -2.45. The van der Waals surface area contributed by atoms with Crippen LogP contribution in [0.2, 0.25) is 0 Å². The quantitative estimate of drug-likeness (QED) is 0.620. The molecule has 1 aromatic rings. The SMILES string of the molecule is CN(CCN1CCNCC1)Cc1ccc(Br)c([N+](=O)[O-])c1. The zero-order chi connectivity index (χ0) is 15.2. The monoisotopic (exact) mass is 356 g/mol. The van der Waals surface area contributed by atoms with Crippen LogP contribution in [0, 0.1) is 10.1 Å². The average molecular weight is 357 g/mol. The summed E-state index contributed by atoms with van der Waals surface area (Å²) in [5, 5.41) is 14.3.